The molecule has 0 radical (unpaired) electrons. The van der Waals surface area contributed by atoms with Crippen molar-refractivity contribution in [2.45, 2.75) is 19.9 Å². The van der Waals surface area contributed by atoms with E-state index in [2.05, 4.69) is 16.0 Å². The van der Waals surface area contributed by atoms with Gasteiger partial charge in [0.15, 0.2) is 0 Å². The van der Waals surface area contributed by atoms with Crippen molar-refractivity contribution in [2.24, 2.45) is 0 Å². The van der Waals surface area contributed by atoms with Crippen LogP contribution in [-0.2, 0) is 9.59 Å². The third-order valence-electron chi connectivity index (χ3n) is 3.03. The first-order valence-electron chi connectivity index (χ1n) is 7.09. The molecule has 24 heavy (non-hydrogen) atoms. The highest BCUT2D eigenvalue weighted by Gasteiger charge is 2.17. The van der Waals surface area contributed by atoms with Gasteiger partial charge in [-0.15, -0.1) is 11.3 Å². The van der Waals surface area contributed by atoms with Crippen LogP contribution in [0.25, 0.3) is 0 Å². The number of carbonyl (C=O) groups is 3. The summed E-state index contributed by atoms with van der Waals surface area (Å²) < 4.78 is 13.6. The number of carbonyl (C=O) groups excluding carboxylic acids is 3. The number of hydrogen-bond acceptors (Lipinski definition) is 4. The van der Waals surface area contributed by atoms with E-state index in [4.69, 9.17) is 0 Å². The van der Waals surface area contributed by atoms with Gasteiger partial charge in [0.05, 0.1) is 10.6 Å². The molecule has 3 N–H and O–H groups in total. The summed E-state index contributed by atoms with van der Waals surface area (Å²) in [5, 5.41) is 9.24. The zero-order valence-corrected chi connectivity index (χ0v) is 13.9. The molecular weight excluding hydrogens is 333 g/mol. The Balaban J connectivity index is 2.00. The van der Waals surface area contributed by atoms with Gasteiger partial charge in [0.1, 0.15) is 11.9 Å². The van der Waals surface area contributed by atoms with Crippen molar-refractivity contribution in [1.82, 2.24) is 5.32 Å². The first kappa shape index (κ1) is 17.6. The van der Waals surface area contributed by atoms with E-state index in [1.54, 1.807) is 24.4 Å². The third kappa shape index (κ3) is 4.63. The van der Waals surface area contributed by atoms with Crippen LogP contribution in [-0.4, -0.2) is 23.8 Å². The lowest BCUT2D eigenvalue weighted by Gasteiger charge is -2.14. The largest absolute Gasteiger partial charge is 0.340 e. The highest BCUT2D eigenvalue weighted by Crippen LogP contribution is 2.19. The van der Waals surface area contributed by atoms with E-state index in [1.807, 2.05) is 0 Å². The zero-order chi connectivity index (χ0) is 17.7. The Morgan fingerprint density at radius 2 is 1.92 bits per heavy atom. The molecule has 1 unspecified atom stereocenters. The van der Waals surface area contributed by atoms with E-state index in [9.17, 15) is 18.8 Å². The second-order valence-corrected chi connectivity index (χ2v) is 5.99. The lowest BCUT2D eigenvalue weighted by molar-refractivity contribution is -0.117. The summed E-state index contributed by atoms with van der Waals surface area (Å²) in [5.41, 5.74) is 0.276. The van der Waals surface area contributed by atoms with Crippen LogP contribution in [0.5, 0.6) is 0 Å². The van der Waals surface area contributed by atoms with Gasteiger partial charge in [-0.25, -0.2) is 4.39 Å². The quantitative estimate of drug-likeness (QED) is 0.775. The Hall–Kier alpha value is -2.74. The predicted octanol–water partition coefficient (Wildman–Crippen LogP) is 2.60. The molecule has 8 heteroatoms. The summed E-state index contributed by atoms with van der Waals surface area (Å²) in [5.74, 6) is -1.83. The van der Waals surface area contributed by atoms with Crippen molar-refractivity contribution in [3.63, 3.8) is 0 Å². The molecule has 2 aromatic rings. The summed E-state index contributed by atoms with van der Waals surface area (Å²) >= 11 is 1.27. The Labute approximate surface area is 142 Å². The molecular formula is C16H16FN3O3S. The topological polar surface area (TPSA) is 87.3 Å². The molecule has 0 aliphatic heterocycles. The molecule has 0 bridgehead atoms. The van der Waals surface area contributed by atoms with Gasteiger partial charge >= 0.3 is 0 Å². The van der Waals surface area contributed by atoms with Gasteiger partial charge < -0.3 is 16.0 Å². The summed E-state index contributed by atoms with van der Waals surface area (Å²) in [7, 11) is 0. The molecule has 1 aromatic carbocycles. The fraction of sp³-hybridized carbons (Fsp3) is 0.188. The number of thiophene rings is 1. The predicted molar refractivity (Wildman–Crippen MR) is 90.6 cm³/mol. The maximum atomic E-state index is 13.6. The van der Waals surface area contributed by atoms with Crippen LogP contribution in [0.2, 0.25) is 0 Å². The Bertz CT molecular complexity index is 762. The third-order valence-corrected chi connectivity index (χ3v) is 3.90. The minimum Gasteiger partial charge on any atom is -0.340 e. The fourth-order valence-corrected chi connectivity index (χ4v) is 2.51. The maximum Gasteiger partial charge on any atom is 0.261 e. The number of halogens is 1. The average Bonchev–Trinajstić information content (AvgIpc) is 3.04. The molecule has 1 heterocycles. The Kier molecular flexibility index (Phi) is 5.64. The minimum absolute atomic E-state index is 0.0319. The van der Waals surface area contributed by atoms with Crippen molar-refractivity contribution in [3.8, 4) is 0 Å². The molecule has 0 fully saturated rings. The second-order valence-electron chi connectivity index (χ2n) is 5.04. The number of hydrogen-bond donors (Lipinski definition) is 3. The number of anilines is 2. The first-order valence-corrected chi connectivity index (χ1v) is 7.97. The van der Waals surface area contributed by atoms with Crippen LogP contribution in [0, 0.1) is 5.82 Å². The highest BCUT2D eigenvalue weighted by atomic mass is 32.1. The van der Waals surface area contributed by atoms with Crippen LogP contribution in [0.4, 0.5) is 15.8 Å². The van der Waals surface area contributed by atoms with Gasteiger partial charge in [-0.3, -0.25) is 14.4 Å². The Morgan fingerprint density at radius 3 is 2.54 bits per heavy atom. The molecule has 0 spiro atoms. The molecule has 126 valence electrons. The number of nitrogens with one attached hydrogen (secondary N) is 3. The fourth-order valence-electron chi connectivity index (χ4n) is 1.88. The van der Waals surface area contributed by atoms with Crippen molar-refractivity contribution in [3.05, 3.63) is 46.4 Å². The minimum atomic E-state index is -0.783. The summed E-state index contributed by atoms with van der Waals surface area (Å²) in [6, 6.07) is 6.43. The lowest BCUT2D eigenvalue weighted by Crippen LogP contribution is -2.41. The van der Waals surface area contributed by atoms with E-state index in [0.29, 0.717) is 10.6 Å². The van der Waals surface area contributed by atoms with Gasteiger partial charge in [-0.05, 0) is 36.6 Å². The zero-order valence-electron chi connectivity index (χ0n) is 13.1. The molecule has 0 aliphatic carbocycles. The van der Waals surface area contributed by atoms with Gasteiger partial charge in [-0.1, -0.05) is 6.07 Å². The standard InChI is InChI=1S/C16H16FN3O3S/c1-9(18-16(23)14-4-3-7-24-14)15(22)20-11-5-6-12(17)13(8-11)19-10(2)21/h3-9H,1-2H3,(H,18,23)(H,19,21)(H,20,22). The van der Waals surface area contributed by atoms with Crippen molar-refractivity contribution in [2.75, 3.05) is 10.6 Å². The number of rotatable bonds is 5. The molecule has 1 atom stereocenters. The highest BCUT2D eigenvalue weighted by molar-refractivity contribution is 7.12. The normalized spacial score (nSPS) is 11.5. The van der Waals surface area contributed by atoms with Gasteiger partial charge in [0.25, 0.3) is 5.91 Å². The van der Waals surface area contributed by atoms with E-state index >= 15 is 0 Å². The van der Waals surface area contributed by atoms with E-state index < -0.39 is 23.7 Å². The molecule has 0 aliphatic rings. The average molecular weight is 349 g/mol. The van der Waals surface area contributed by atoms with Crippen LogP contribution in [0.15, 0.2) is 35.7 Å². The van der Waals surface area contributed by atoms with Crippen LogP contribution in [0.3, 0.4) is 0 Å². The molecule has 2 rings (SSSR count). The Morgan fingerprint density at radius 1 is 1.17 bits per heavy atom. The number of benzene rings is 1. The van der Waals surface area contributed by atoms with Gasteiger partial charge in [-0.2, -0.15) is 0 Å². The molecule has 1 aromatic heterocycles. The summed E-state index contributed by atoms with van der Waals surface area (Å²) in [6.45, 7) is 2.80. The van der Waals surface area contributed by atoms with Gasteiger partial charge in [0.2, 0.25) is 11.8 Å². The lowest BCUT2D eigenvalue weighted by atomic mass is 10.2. The van der Waals surface area contributed by atoms with Crippen LogP contribution in [0.1, 0.15) is 23.5 Å². The second kappa shape index (κ2) is 7.69. The molecule has 0 saturated carbocycles. The molecule has 0 saturated heterocycles. The van der Waals surface area contributed by atoms with Crippen LogP contribution < -0.4 is 16.0 Å². The van der Waals surface area contributed by atoms with E-state index in [0.717, 1.165) is 6.07 Å². The van der Waals surface area contributed by atoms with E-state index in [1.165, 1.54) is 30.4 Å². The van der Waals surface area contributed by atoms with Crippen molar-refractivity contribution in [1.29, 1.82) is 0 Å². The molecule has 6 nitrogen and oxygen atoms in total. The monoisotopic (exact) mass is 349 g/mol. The summed E-state index contributed by atoms with van der Waals surface area (Å²) in [6.07, 6.45) is 0. The van der Waals surface area contributed by atoms with E-state index in [-0.39, 0.29) is 11.6 Å². The number of amides is 3. The smallest absolute Gasteiger partial charge is 0.261 e. The SMILES string of the molecule is CC(=O)Nc1cc(NC(=O)C(C)NC(=O)c2cccs2)ccc1F. The summed E-state index contributed by atoms with van der Waals surface area (Å²) in [4.78, 5) is 35.6. The molecule has 3 amide bonds. The maximum absolute atomic E-state index is 13.6. The first-order chi connectivity index (χ1) is 11.4. The van der Waals surface area contributed by atoms with Crippen LogP contribution >= 0.6 is 11.3 Å². The van der Waals surface area contributed by atoms with Crippen molar-refractivity contribution < 1.29 is 18.8 Å². The van der Waals surface area contributed by atoms with Crippen molar-refractivity contribution >= 4 is 40.4 Å². The van der Waals surface area contributed by atoms with Gasteiger partial charge in [0, 0.05) is 12.6 Å².